The number of rotatable bonds is 11. The fourth-order valence-electron chi connectivity index (χ4n) is 5.25. The maximum absolute atomic E-state index is 9.85. The first-order valence-corrected chi connectivity index (χ1v) is 16.8. The molecule has 0 fully saturated rings. The Morgan fingerprint density at radius 1 is 0.933 bits per heavy atom. The molecule has 45 heavy (non-hydrogen) atoms. The normalized spacial score (nSPS) is 14.5. The van der Waals surface area contributed by atoms with Gasteiger partial charge in [0.05, 0.1) is 17.0 Å². The van der Waals surface area contributed by atoms with Crippen molar-refractivity contribution in [3.05, 3.63) is 144 Å². The molecule has 0 radical (unpaired) electrons. The third-order valence-electron chi connectivity index (χ3n) is 7.08. The molecule has 2 unspecified atom stereocenters. The summed E-state index contributed by atoms with van der Waals surface area (Å²) in [6.45, 7) is 26.8. The van der Waals surface area contributed by atoms with E-state index in [1.807, 2.05) is 66.1 Å². The molecule has 0 saturated carbocycles. The number of hydrogen-bond donors (Lipinski definition) is 1. The Morgan fingerprint density at radius 2 is 1.56 bits per heavy atom. The standard InChI is InChI=1S/C36H42N2O.3C2H6/c1-7-11-12-14-20-28(5)36(31(17-8-2)18-9-3,32-21-15-13-16-22-32)38-27-37-35(34(38)19-10-4)29(6)30-23-25-33(39)26-24-30;3*1-2/h8-9,11-28,39H,2,7,10H2,1,3-6H3;3*1-2H3/b12-11-,18-9-,20-14-,31-17+,34-19+,35-29-;;;. The fraction of sp³-hybridized carbons (Fsp3) is 0.357. The van der Waals surface area contributed by atoms with E-state index in [4.69, 9.17) is 4.98 Å². The molecule has 0 aliphatic rings. The molecule has 0 aliphatic heterocycles. The molecule has 2 atom stereocenters. The van der Waals surface area contributed by atoms with E-state index in [1.54, 1.807) is 12.1 Å². The Kier molecular flexibility index (Phi) is 21.2. The highest BCUT2D eigenvalue weighted by Crippen LogP contribution is 2.41. The van der Waals surface area contributed by atoms with Gasteiger partial charge in [0.1, 0.15) is 11.3 Å². The maximum atomic E-state index is 9.85. The summed E-state index contributed by atoms with van der Waals surface area (Å²) < 4.78 is 2.35. The van der Waals surface area contributed by atoms with Crippen LogP contribution < -0.4 is 10.7 Å². The fourth-order valence-corrected chi connectivity index (χ4v) is 5.25. The lowest BCUT2D eigenvalue weighted by molar-refractivity contribution is 0.333. The van der Waals surface area contributed by atoms with Crippen LogP contribution in [0.5, 0.6) is 5.75 Å². The zero-order valence-electron chi connectivity index (χ0n) is 30.0. The third kappa shape index (κ3) is 10.5. The van der Waals surface area contributed by atoms with E-state index in [1.165, 1.54) is 5.56 Å². The number of phenols is 1. The number of nitrogens with zero attached hydrogens (tertiary/aromatic N) is 2. The predicted octanol–water partition coefficient (Wildman–Crippen LogP) is 10.7. The second-order valence-electron chi connectivity index (χ2n) is 9.63. The topological polar surface area (TPSA) is 38.0 Å². The lowest BCUT2D eigenvalue weighted by atomic mass is 9.72. The summed E-state index contributed by atoms with van der Waals surface area (Å²) in [4.78, 5) is 5.04. The van der Waals surface area contributed by atoms with Crippen molar-refractivity contribution in [1.29, 1.82) is 0 Å². The predicted molar refractivity (Wildman–Crippen MR) is 201 cm³/mol. The highest BCUT2D eigenvalue weighted by Gasteiger charge is 2.42. The molecular formula is C42H60N2O. The van der Waals surface area contributed by atoms with Crippen molar-refractivity contribution in [1.82, 2.24) is 9.55 Å². The van der Waals surface area contributed by atoms with Crippen LogP contribution in [0.2, 0.25) is 0 Å². The average Bonchev–Trinajstić information content (AvgIpc) is 3.50. The van der Waals surface area contributed by atoms with Crippen LogP contribution in [-0.2, 0) is 5.54 Å². The maximum Gasteiger partial charge on any atom is 0.115 e. The van der Waals surface area contributed by atoms with E-state index in [0.29, 0.717) is 0 Å². The van der Waals surface area contributed by atoms with E-state index in [0.717, 1.165) is 40.2 Å². The molecule has 3 nitrogen and oxygen atoms in total. The van der Waals surface area contributed by atoms with Gasteiger partial charge in [0.15, 0.2) is 0 Å². The van der Waals surface area contributed by atoms with E-state index >= 15 is 0 Å². The van der Waals surface area contributed by atoms with Gasteiger partial charge >= 0.3 is 0 Å². The van der Waals surface area contributed by atoms with Crippen molar-refractivity contribution in [3.8, 4) is 5.75 Å². The summed E-state index contributed by atoms with van der Waals surface area (Å²) >= 11 is 0. The van der Waals surface area contributed by atoms with Crippen molar-refractivity contribution < 1.29 is 5.11 Å². The van der Waals surface area contributed by atoms with Crippen molar-refractivity contribution in [2.24, 2.45) is 5.92 Å². The minimum atomic E-state index is -0.597. The van der Waals surface area contributed by atoms with Crippen LogP contribution in [0.25, 0.3) is 11.6 Å². The minimum Gasteiger partial charge on any atom is -0.508 e. The molecule has 1 N–H and O–H groups in total. The van der Waals surface area contributed by atoms with E-state index in [2.05, 4.69) is 125 Å². The molecule has 244 valence electrons. The molecule has 0 aliphatic carbocycles. The Hall–Kier alpha value is -4.11. The van der Waals surface area contributed by atoms with E-state index in [-0.39, 0.29) is 11.7 Å². The molecule has 0 bridgehead atoms. The molecule has 3 heteroatoms. The monoisotopic (exact) mass is 608 g/mol. The van der Waals surface area contributed by atoms with Gasteiger partial charge in [-0.15, -0.1) is 0 Å². The van der Waals surface area contributed by atoms with Gasteiger partial charge in [-0.3, -0.25) is 0 Å². The summed E-state index contributed by atoms with van der Waals surface area (Å²) in [5, 5.41) is 11.8. The van der Waals surface area contributed by atoms with Crippen molar-refractivity contribution in [3.63, 3.8) is 0 Å². The van der Waals surface area contributed by atoms with Crippen LogP contribution in [0.4, 0.5) is 0 Å². The van der Waals surface area contributed by atoms with Gasteiger partial charge in [-0.2, -0.15) is 0 Å². The average molecular weight is 609 g/mol. The smallest absolute Gasteiger partial charge is 0.115 e. The zero-order valence-corrected chi connectivity index (χ0v) is 30.0. The number of imidazole rings is 1. The molecule has 1 aromatic heterocycles. The Morgan fingerprint density at radius 3 is 2.09 bits per heavy atom. The summed E-state index contributed by atoms with van der Waals surface area (Å²) in [6, 6.07) is 18.0. The zero-order chi connectivity index (χ0) is 34.3. The van der Waals surface area contributed by atoms with Crippen LogP contribution in [0.15, 0.2) is 122 Å². The number of hydrogen-bond acceptors (Lipinski definition) is 2. The molecular weight excluding hydrogens is 548 g/mol. The van der Waals surface area contributed by atoms with Gasteiger partial charge in [-0.05, 0) is 61.1 Å². The van der Waals surface area contributed by atoms with Gasteiger partial charge in [-0.25, -0.2) is 4.98 Å². The largest absolute Gasteiger partial charge is 0.508 e. The van der Waals surface area contributed by atoms with Gasteiger partial charge in [0.2, 0.25) is 0 Å². The summed E-state index contributed by atoms with van der Waals surface area (Å²) in [5.41, 5.74) is 3.79. The summed E-state index contributed by atoms with van der Waals surface area (Å²) in [6.07, 6.45) is 23.1. The highest BCUT2D eigenvalue weighted by molar-refractivity contribution is 5.63. The molecule has 0 amide bonds. The first kappa shape index (κ1) is 40.9. The van der Waals surface area contributed by atoms with Crippen LogP contribution in [0, 0.1) is 5.92 Å². The van der Waals surface area contributed by atoms with Crippen LogP contribution in [0.3, 0.4) is 0 Å². The lowest BCUT2D eigenvalue weighted by Gasteiger charge is -2.42. The first-order valence-electron chi connectivity index (χ1n) is 16.8. The summed E-state index contributed by atoms with van der Waals surface area (Å²) in [5.74, 6) is 0.313. The minimum absolute atomic E-state index is 0.0591. The van der Waals surface area contributed by atoms with E-state index in [9.17, 15) is 5.11 Å². The second-order valence-corrected chi connectivity index (χ2v) is 9.63. The van der Waals surface area contributed by atoms with Gasteiger partial charge < -0.3 is 9.67 Å². The highest BCUT2D eigenvalue weighted by atomic mass is 16.3. The number of phenolic OH excluding ortho intramolecular Hbond substituents is 1. The lowest BCUT2D eigenvalue weighted by Crippen LogP contribution is -2.49. The van der Waals surface area contributed by atoms with Gasteiger partial charge in [-0.1, -0.05) is 166 Å². The second kappa shape index (κ2) is 23.3. The Labute approximate surface area is 275 Å². The molecule has 3 aromatic rings. The number of aromatic nitrogens is 2. The first-order chi connectivity index (χ1) is 21.9. The summed E-state index contributed by atoms with van der Waals surface area (Å²) in [7, 11) is 0. The van der Waals surface area contributed by atoms with Crippen LogP contribution in [0.1, 0.15) is 100 Å². The van der Waals surface area contributed by atoms with Crippen molar-refractivity contribution >= 4 is 11.6 Å². The van der Waals surface area contributed by atoms with Crippen LogP contribution >= 0.6 is 0 Å². The third-order valence-corrected chi connectivity index (χ3v) is 7.08. The number of aromatic hydroxyl groups is 1. The molecule has 0 spiro atoms. The number of benzene rings is 2. The Balaban J connectivity index is 0.00000304. The number of allylic oxidation sites excluding steroid dienone is 9. The Bertz CT molecular complexity index is 1470. The molecule has 0 saturated heterocycles. The van der Waals surface area contributed by atoms with Gasteiger partial charge in [0.25, 0.3) is 0 Å². The SMILES string of the molecule is C=C/C=C(\C=C/C)C(c1ccccc1)(C(C)/C=C\C=C/CC)n1cnc(=C(/C)c2ccc(O)cc2)/c1=C\CC.CC.CC.CC. The van der Waals surface area contributed by atoms with Crippen molar-refractivity contribution in [2.45, 2.75) is 94.5 Å². The molecule has 1 heterocycles. The molecule has 2 aromatic carbocycles. The van der Waals surface area contributed by atoms with Crippen LogP contribution in [-0.4, -0.2) is 14.7 Å². The van der Waals surface area contributed by atoms with Gasteiger partial charge in [0, 0.05) is 5.92 Å². The van der Waals surface area contributed by atoms with E-state index < -0.39 is 5.54 Å². The quantitative estimate of drug-likeness (QED) is 0.220. The molecule has 3 rings (SSSR count). The van der Waals surface area contributed by atoms with Crippen molar-refractivity contribution in [2.75, 3.05) is 0 Å².